The van der Waals surface area contributed by atoms with Crippen LogP contribution < -0.4 is 5.32 Å². The van der Waals surface area contributed by atoms with Gasteiger partial charge in [-0.25, -0.2) is 4.39 Å². The highest BCUT2D eigenvalue weighted by Gasteiger charge is 2.34. The van der Waals surface area contributed by atoms with Crippen molar-refractivity contribution in [3.8, 4) is 0 Å². The number of hydrogen-bond acceptors (Lipinski definition) is 4. The Hall–Kier alpha value is -2.19. The number of nitrogens with zero attached hydrogens (tertiary/aromatic N) is 3. The third-order valence-electron chi connectivity index (χ3n) is 4.38. The van der Waals surface area contributed by atoms with Crippen molar-refractivity contribution in [2.24, 2.45) is 7.05 Å². The average Bonchev–Trinajstić information content (AvgIpc) is 3.20. The molecule has 3 heterocycles. The summed E-state index contributed by atoms with van der Waals surface area (Å²) in [5.41, 5.74) is 1.24. The number of carbonyl (C=O) groups is 1. The molecule has 1 aliphatic heterocycles. The first-order chi connectivity index (χ1) is 11.6. The number of nitrogens with one attached hydrogen (secondary N) is 2. The van der Waals surface area contributed by atoms with Crippen LogP contribution in [0.25, 0.3) is 0 Å². The smallest absolute Gasteiger partial charge is 0.267 e. The molecule has 24 heavy (non-hydrogen) atoms. The third-order valence-corrected chi connectivity index (χ3v) is 4.38. The number of likely N-dealkylation sites (N-methyl/N-ethyl adjacent to an activating group) is 1. The van der Waals surface area contributed by atoms with Gasteiger partial charge < -0.3 is 15.0 Å². The minimum absolute atomic E-state index is 0.0110. The first-order valence-corrected chi connectivity index (χ1v) is 8.05. The molecule has 0 aliphatic carbocycles. The largest absolute Gasteiger partial charge is 0.373 e. The summed E-state index contributed by atoms with van der Waals surface area (Å²) in [6.45, 7) is 4.77. The number of morpholine rings is 1. The van der Waals surface area contributed by atoms with Crippen molar-refractivity contribution < 1.29 is 13.9 Å². The van der Waals surface area contributed by atoms with E-state index in [1.807, 2.05) is 17.8 Å². The van der Waals surface area contributed by atoms with Crippen LogP contribution in [0.2, 0.25) is 0 Å². The number of H-pyrrole nitrogens is 1. The van der Waals surface area contributed by atoms with E-state index in [9.17, 15) is 9.18 Å². The van der Waals surface area contributed by atoms with Crippen molar-refractivity contribution in [1.29, 1.82) is 0 Å². The van der Waals surface area contributed by atoms with Crippen molar-refractivity contribution in [3.05, 3.63) is 41.7 Å². The molecule has 2 atom stereocenters. The second-order valence-electron chi connectivity index (χ2n) is 5.80. The fraction of sp³-hybridized carbons (Fsp3) is 0.500. The highest BCUT2D eigenvalue weighted by molar-refractivity contribution is 5.92. The lowest BCUT2D eigenvalue weighted by Gasteiger charge is -2.40. The van der Waals surface area contributed by atoms with Crippen molar-refractivity contribution in [2.75, 3.05) is 26.2 Å². The second-order valence-corrected chi connectivity index (χ2v) is 5.80. The van der Waals surface area contributed by atoms with Crippen LogP contribution in [0, 0.1) is 5.82 Å². The molecule has 0 radical (unpaired) electrons. The van der Waals surface area contributed by atoms with E-state index in [0.717, 1.165) is 25.0 Å². The summed E-state index contributed by atoms with van der Waals surface area (Å²) >= 11 is 0. The van der Waals surface area contributed by atoms with Gasteiger partial charge in [0.1, 0.15) is 11.5 Å². The summed E-state index contributed by atoms with van der Waals surface area (Å²) < 4.78 is 20.8. The highest BCUT2D eigenvalue weighted by atomic mass is 19.1. The number of halogens is 1. The number of carbonyl (C=O) groups excluding carboxylic acids is 1. The molecule has 0 aromatic carbocycles. The molecule has 2 N–H and O–H groups in total. The molecule has 3 rings (SSSR count). The highest BCUT2D eigenvalue weighted by Crippen LogP contribution is 2.28. The predicted octanol–water partition coefficient (Wildman–Crippen LogP) is 1.08. The molecule has 0 saturated carbocycles. The maximum atomic E-state index is 13.0. The molecule has 8 heteroatoms. The summed E-state index contributed by atoms with van der Waals surface area (Å²) in [7, 11) is 1.90. The van der Waals surface area contributed by atoms with Crippen LogP contribution >= 0.6 is 0 Å². The quantitative estimate of drug-likeness (QED) is 0.857. The first kappa shape index (κ1) is 16.7. The van der Waals surface area contributed by atoms with Crippen LogP contribution in [0.3, 0.4) is 0 Å². The normalized spacial score (nSPS) is 21.8. The standard InChI is InChI=1S/C16H22FN5O2/c1-3-22-6-7-24-14(15(22)13-4-5-20-21(13)2)10-19-16(23)12-8-11(17)9-18-12/h4-5,8-9,14-15,18H,3,6-7,10H2,1-2H3,(H,19,23)/t14-,15-/m0/s1. The number of ether oxygens (including phenoxy) is 1. The van der Waals surface area contributed by atoms with Crippen molar-refractivity contribution in [3.63, 3.8) is 0 Å². The molecule has 130 valence electrons. The summed E-state index contributed by atoms with van der Waals surface area (Å²) in [5.74, 6) is -0.807. The van der Waals surface area contributed by atoms with Crippen LogP contribution in [0.1, 0.15) is 29.1 Å². The molecule has 0 spiro atoms. The fourth-order valence-corrected chi connectivity index (χ4v) is 3.15. The van der Waals surface area contributed by atoms with Crippen molar-refractivity contribution in [1.82, 2.24) is 25.0 Å². The summed E-state index contributed by atoms with van der Waals surface area (Å²) in [6, 6.07) is 3.16. The Morgan fingerprint density at radius 2 is 2.42 bits per heavy atom. The zero-order chi connectivity index (χ0) is 17.1. The van der Waals surface area contributed by atoms with Crippen LogP contribution in [-0.4, -0.2) is 57.9 Å². The molecule has 1 amide bonds. The van der Waals surface area contributed by atoms with E-state index in [2.05, 4.69) is 27.2 Å². The molecule has 1 saturated heterocycles. The molecule has 1 fully saturated rings. The zero-order valence-electron chi connectivity index (χ0n) is 13.8. The van der Waals surface area contributed by atoms with Gasteiger partial charge in [-0.3, -0.25) is 14.4 Å². The second kappa shape index (κ2) is 7.14. The van der Waals surface area contributed by atoms with Gasteiger partial charge in [-0.1, -0.05) is 6.92 Å². The van der Waals surface area contributed by atoms with Gasteiger partial charge in [-0.15, -0.1) is 0 Å². The van der Waals surface area contributed by atoms with Gasteiger partial charge >= 0.3 is 0 Å². The number of aromatic nitrogens is 3. The summed E-state index contributed by atoms with van der Waals surface area (Å²) in [5, 5.41) is 7.06. The molecule has 7 nitrogen and oxygen atoms in total. The summed E-state index contributed by atoms with van der Waals surface area (Å²) in [4.78, 5) is 17.0. The monoisotopic (exact) mass is 335 g/mol. The minimum atomic E-state index is -0.459. The van der Waals surface area contributed by atoms with Crippen LogP contribution in [0.15, 0.2) is 24.5 Å². The lowest BCUT2D eigenvalue weighted by Crippen LogP contribution is -2.50. The van der Waals surface area contributed by atoms with Gasteiger partial charge in [0.25, 0.3) is 5.91 Å². The molecule has 0 bridgehead atoms. The SMILES string of the molecule is CCN1CCO[C@@H](CNC(=O)c2cc(F)c[nH]2)[C@@H]1c1ccnn1C. The Morgan fingerprint density at radius 1 is 1.58 bits per heavy atom. The number of rotatable bonds is 5. The van der Waals surface area contributed by atoms with E-state index >= 15 is 0 Å². The Morgan fingerprint density at radius 3 is 3.04 bits per heavy atom. The van der Waals surface area contributed by atoms with E-state index in [0.29, 0.717) is 13.2 Å². The average molecular weight is 335 g/mol. The van der Waals surface area contributed by atoms with Gasteiger partial charge in [-0.05, 0) is 12.6 Å². The lowest BCUT2D eigenvalue weighted by molar-refractivity contribution is -0.0708. The topological polar surface area (TPSA) is 75.2 Å². The van der Waals surface area contributed by atoms with Gasteiger partial charge in [0.05, 0.1) is 24.4 Å². The van der Waals surface area contributed by atoms with E-state index in [1.165, 1.54) is 6.07 Å². The molecule has 2 aromatic heterocycles. The molecule has 1 aliphatic rings. The first-order valence-electron chi connectivity index (χ1n) is 8.05. The van der Waals surface area contributed by atoms with Gasteiger partial charge in [0.15, 0.2) is 0 Å². The minimum Gasteiger partial charge on any atom is -0.373 e. The number of amides is 1. The van der Waals surface area contributed by atoms with Crippen LogP contribution in [0.4, 0.5) is 4.39 Å². The molecular weight excluding hydrogens is 313 g/mol. The van der Waals surface area contributed by atoms with E-state index < -0.39 is 5.82 Å². The van der Waals surface area contributed by atoms with Crippen molar-refractivity contribution in [2.45, 2.75) is 19.1 Å². The third kappa shape index (κ3) is 3.34. The Bertz CT molecular complexity index is 698. The number of hydrogen-bond donors (Lipinski definition) is 2. The molecule has 2 aromatic rings. The maximum absolute atomic E-state index is 13.0. The Labute approximate surface area is 139 Å². The van der Waals surface area contributed by atoms with E-state index in [-0.39, 0.29) is 23.7 Å². The Balaban J connectivity index is 1.72. The predicted molar refractivity (Wildman–Crippen MR) is 86.0 cm³/mol. The van der Waals surface area contributed by atoms with Crippen molar-refractivity contribution >= 4 is 5.91 Å². The Kier molecular flexibility index (Phi) is 4.96. The molecule has 0 unspecified atom stereocenters. The maximum Gasteiger partial charge on any atom is 0.267 e. The van der Waals surface area contributed by atoms with Gasteiger partial charge in [0, 0.05) is 38.6 Å². The zero-order valence-corrected chi connectivity index (χ0v) is 13.8. The summed E-state index contributed by atoms with van der Waals surface area (Å²) in [6.07, 6.45) is 2.72. The number of aromatic amines is 1. The van der Waals surface area contributed by atoms with Gasteiger partial charge in [0.2, 0.25) is 0 Å². The van der Waals surface area contributed by atoms with Crippen LogP contribution in [0.5, 0.6) is 0 Å². The van der Waals surface area contributed by atoms with E-state index in [1.54, 1.807) is 6.20 Å². The van der Waals surface area contributed by atoms with Crippen LogP contribution in [-0.2, 0) is 11.8 Å². The lowest BCUT2D eigenvalue weighted by atomic mass is 10.0. The fourth-order valence-electron chi connectivity index (χ4n) is 3.15. The van der Waals surface area contributed by atoms with E-state index in [4.69, 9.17) is 4.74 Å². The van der Waals surface area contributed by atoms with Gasteiger partial charge in [-0.2, -0.15) is 5.10 Å². The number of aryl methyl sites for hydroxylation is 1. The molecular formula is C16H22FN5O2.